The second-order valence-electron chi connectivity index (χ2n) is 5.05. The summed E-state index contributed by atoms with van der Waals surface area (Å²) in [4.78, 5) is 2.13. The first-order chi connectivity index (χ1) is 11.2. The van der Waals surface area contributed by atoms with Gasteiger partial charge in [-0.15, -0.1) is 9.23 Å². The molecule has 3 rings (SSSR count). The highest BCUT2D eigenvalue weighted by atomic mass is 35.5. The Morgan fingerprint density at radius 1 is 1.12 bits per heavy atom. The van der Waals surface area contributed by atoms with Crippen molar-refractivity contribution in [1.29, 1.82) is 0 Å². The minimum absolute atomic E-state index is 0.0164. The Bertz CT molecular complexity index is 1060. The number of rotatable bonds is 3. The number of aryl methyl sites for hydroxylation is 1. The summed E-state index contributed by atoms with van der Waals surface area (Å²) in [5.41, 5.74) is 3.16. The first-order valence-corrected chi connectivity index (χ1v) is 9.99. The van der Waals surface area contributed by atoms with Crippen molar-refractivity contribution in [2.24, 2.45) is 4.40 Å². The van der Waals surface area contributed by atoms with Crippen LogP contribution in [0.25, 0.3) is 0 Å². The van der Waals surface area contributed by atoms with Crippen LogP contribution in [-0.2, 0) is 20.0 Å². The average Bonchev–Trinajstić information content (AvgIpc) is 2.79. The van der Waals surface area contributed by atoms with E-state index in [0.29, 0.717) is 11.1 Å². The number of amidine groups is 1. The summed E-state index contributed by atoms with van der Waals surface area (Å²) in [6.45, 7) is 1.62. The third-order valence-electron chi connectivity index (χ3n) is 3.38. The monoisotopic (exact) mass is 385 g/mol. The predicted molar refractivity (Wildman–Crippen MR) is 89.8 cm³/mol. The lowest BCUT2D eigenvalue weighted by atomic mass is 10.2. The van der Waals surface area contributed by atoms with Crippen LogP contribution in [0.1, 0.15) is 11.1 Å². The van der Waals surface area contributed by atoms with Gasteiger partial charge in [0.1, 0.15) is 4.90 Å². The average molecular weight is 386 g/mol. The van der Waals surface area contributed by atoms with E-state index in [-0.39, 0.29) is 20.6 Å². The number of nitrogens with one attached hydrogen (secondary N) is 2. The van der Waals surface area contributed by atoms with Crippen molar-refractivity contribution in [2.45, 2.75) is 16.7 Å². The van der Waals surface area contributed by atoms with Crippen LogP contribution < -0.4 is 10.3 Å². The SMILES string of the molecule is Cc1ccc(Cl)cc1S(=O)(=O)NNC1=NS(=O)(=O)c2ccccc21. The van der Waals surface area contributed by atoms with E-state index in [1.807, 2.05) is 0 Å². The molecule has 0 radical (unpaired) electrons. The molecule has 0 fully saturated rings. The van der Waals surface area contributed by atoms with E-state index in [0.717, 1.165) is 0 Å². The molecule has 0 spiro atoms. The Kier molecular flexibility index (Phi) is 4.12. The van der Waals surface area contributed by atoms with Gasteiger partial charge in [0.2, 0.25) is 0 Å². The maximum atomic E-state index is 12.4. The molecule has 2 aromatic rings. The summed E-state index contributed by atoms with van der Waals surface area (Å²) in [5.74, 6) is -0.0890. The maximum absolute atomic E-state index is 12.4. The van der Waals surface area contributed by atoms with E-state index >= 15 is 0 Å². The third-order valence-corrected chi connectivity index (χ3v) is 6.33. The van der Waals surface area contributed by atoms with Gasteiger partial charge in [0.25, 0.3) is 20.0 Å². The minimum Gasteiger partial charge on any atom is -0.291 e. The van der Waals surface area contributed by atoms with Gasteiger partial charge < -0.3 is 0 Å². The number of fused-ring (bicyclic) bond motifs is 1. The van der Waals surface area contributed by atoms with Crippen molar-refractivity contribution in [1.82, 2.24) is 10.3 Å². The van der Waals surface area contributed by atoms with Crippen LogP contribution in [0.4, 0.5) is 0 Å². The Hall–Kier alpha value is -1.94. The Morgan fingerprint density at radius 3 is 2.58 bits per heavy atom. The molecule has 0 amide bonds. The number of hydrogen-bond donors (Lipinski definition) is 2. The molecule has 0 aliphatic carbocycles. The zero-order valence-corrected chi connectivity index (χ0v) is 14.7. The van der Waals surface area contributed by atoms with Gasteiger partial charge in [-0.2, -0.15) is 8.42 Å². The van der Waals surface area contributed by atoms with Crippen molar-refractivity contribution in [3.63, 3.8) is 0 Å². The number of benzene rings is 2. The van der Waals surface area contributed by atoms with E-state index in [1.165, 1.54) is 18.2 Å². The highest BCUT2D eigenvalue weighted by Crippen LogP contribution is 2.25. The van der Waals surface area contributed by atoms with Gasteiger partial charge in [0.05, 0.1) is 4.90 Å². The fraction of sp³-hybridized carbons (Fsp3) is 0.0714. The lowest BCUT2D eigenvalue weighted by molar-refractivity contribution is 0.576. The van der Waals surface area contributed by atoms with E-state index in [4.69, 9.17) is 11.6 Å². The molecule has 0 unspecified atom stereocenters. The number of hydrogen-bond acceptors (Lipinski definition) is 5. The molecule has 2 aromatic carbocycles. The van der Waals surface area contributed by atoms with Crippen LogP contribution in [0, 0.1) is 6.92 Å². The molecule has 0 saturated carbocycles. The van der Waals surface area contributed by atoms with E-state index in [1.54, 1.807) is 31.2 Å². The smallest absolute Gasteiger partial charge is 0.285 e. The molecule has 2 N–H and O–H groups in total. The summed E-state index contributed by atoms with van der Waals surface area (Å²) in [7, 11) is -7.79. The molecule has 1 heterocycles. The van der Waals surface area contributed by atoms with Crippen LogP contribution in [0.2, 0.25) is 5.02 Å². The largest absolute Gasteiger partial charge is 0.291 e. The standard InChI is InChI=1S/C14H12ClN3O4S2/c1-9-6-7-10(15)8-13(9)24(21,22)18-16-14-11-4-2-3-5-12(11)23(19,20)17-14/h2-8,18H,1H3,(H,16,17). The lowest BCUT2D eigenvalue weighted by Gasteiger charge is -2.11. The van der Waals surface area contributed by atoms with Crippen LogP contribution in [0.3, 0.4) is 0 Å². The summed E-state index contributed by atoms with van der Waals surface area (Å²) >= 11 is 5.84. The fourth-order valence-corrected chi connectivity index (χ4v) is 4.76. The molecular formula is C14H12ClN3O4S2. The summed E-state index contributed by atoms with van der Waals surface area (Å²) < 4.78 is 52.2. The summed E-state index contributed by atoms with van der Waals surface area (Å²) in [6, 6.07) is 10.6. The second-order valence-corrected chi connectivity index (χ2v) is 8.71. The molecule has 24 heavy (non-hydrogen) atoms. The van der Waals surface area contributed by atoms with E-state index < -0.39 is 20.0 Å². The number of halogens is 1. The fourth-order valence-electron chi connectivity index (χ4n) is 2.23. The molecule has 7 nitrogen and oxygen atoms in total. The van der Waals surface area contributed by atoms with Crippen LogP contribution in [-0.4, -0.2) is 22.7 Å². The third kappa shape index (κ3) is 3.03. The Morgan fingerprint density at radius 2 is 1.83 bits per heavy atom. The molecule has 0 bridgehead atoms. The molecule has 10 heteroatoms. The van der Waals surface area contributed by atoms with E-state index in [9.17, 15) is 16.8 Å². The number of nitrogens with zero attached hydrogens (tertiary/aromatic N) is 1. The van der Waals surface area contributed by atoms with Gasteiger partial charge in [0, 0.05) is 10.6 Å². The van der Waals surface area contributed by atoms with Gasteiger partial charge in [-0.25, -0.2) is 8.42 Å². The quantitative estimate of drug-likeness (QED) is 0.780. The van der Waals surface area contributed by atoms with Crippen LogP contribution in [0.15, 0.2) is 56.7 Å². The van der Waals surface area contributed by atoms with E-state index in [2.05, 4.69) is 14.7 Å². The van der Waals surface area contributed by atoms with Crippen molar-refractivity contribution in [3.8, 4) is 0 Å². The summed E-state index contributed by atoms with van der Waals surface area (Å²) in [6.07, 6.45) is 0. The highest BCUT2D eigenvalue weighted by molar-refractivity contribution is 7.91. The molecule has 1 aliphatic heterocycles. The zero-order chi connectivity index (χ0) is 17.5. The van der Waals surface area contributed by atoms with Crippen molar-refractivity contribution < 1.29 is 16.8 Å². The minimum atomic E-state index is -3.96. The number of hydrazine groups is 1. The zero-order valence-electron chi connectivity index (χ0n) is 12.3. The maximum Gasteiger partial charge on any atom is 0.285 e. The van der Waals surface area contributed by atoms with Crippen molar-refractivity contribution in [3.05, 3.63) is 58.6 Å². The Labute approximate surface area is 144 Å². The molecule has 126 valence electrons. The highest BCUT2D eigenvalue weighted by Gasteiger charge is 2.29. The topological polar surface area (TPSA) is 105 Å². The van der Waals surface area contributed by atoms with Gasteiger partial charge in [-0.1, -0.05) is 29.8 Å². The van der Waals surface area contributed by atoms with Gasteiger partial charge in [-0.05, 0) is 36.8 Å². The first kappa shape index (κ1) is 16.9. The van der Waals surface area contributed by atoms with Crippen LogP contribution in [0.5, 0.6) is 0 Å². The lowest BCUT2D eigenvalue weighted by Crippen LogP contribution is -2.41. The predicted octanol–water partition coefficient (Wildman–Crippen LogP) is 1.58. The molecule has 0 saturated heterocycles. The Balaban J connectivity index is 1.90. The van der Waals surface area contributed by atoms with Crippen molar-refractivity contribution in [2.75, 3.05) is 0 Å². The molecule has 0 aromatic heterocycles. The first-order valence-electron chi connectivity index (χ1n) is 6.69. The summed E-state index contributed by atoms with van der Waals surface area (Å²) in [5, 5.41) is 0.270. The normalized spacial score (nSPS) is 15.7. The van der Waals surface area contributed by atoms with Gasteiger partial charge in [0.15, 0.2) is 5.84 Å². The number of sulfonamides is 2. The molecular weight excluding hydrogens is 374 g/mol. The van der Waals surface area contributed by atoms with Gasteiger partial charge in [-0.3, -0.25) is 5.43 Å². The molecule has 1 aliphatic rings. The van der Waals surface area contributed by atoms with Gasteiger partial charge >= 0.3 is 0 Å². The van der Waals surface area contributed by atoms with Crippen molar-refractivity contribution >= 4 is 37.5 Å². The second kappa shape index (κ2) is 5.85. The molecule has 0 atom stereocenters. The van der Waals surface area contributed by atoms with Crippen LogP contribution >= 0.6 is 11.6 Å².